The number of alkyl halides is 1. The maximum Gasteiger partial charge on any atom is 0.0618 e. The van der Waals surface area contributed by atoms with Gasteiger partial charge in [0.05, 0.1) is 6.10 Å². The molecule has 2 atom stereocenters. The van der Waals surface area contributed by atoms with Crippen LogP contribution in [-0.4, -0.2) is 18.6 Å². The van der Waals surface area contributed by atoms with Crippen LogP contribution in [0.4, 0.5) is 0 Å². The second-order valence-electron chi connectivity index (χ2n) is 5.81. The average Bonchev–Trinajstić information content (AvgIpc) is 2.66. The van der Waals surface area contributed by atoms with Gasteiger partial charge < -0.3 is 4.74 Å². The molecular formula is C16H23ClO. The Labute approximate surface area is 115 Å². The Morgan fingerprint density at radius 1 is 1.28 bits per heavy atom. The minimum Gasteiger partial charge on any atom is -0.378 e. The van der Waals surface area contributed by atoms with Gasteiger partial charge in [-0.05, 0) is 57.2 Å². The molecule has 0 N–H and O–H groups in total. The second kappa shape index (κ2) is 5.22. The molecule has 0 radical (unpaired) electrons. The number of ether oxygens (including phenoxy) is 1. The van der Waals surface area contributed by atoms with Crippen molar-refractivity contribution >= 4 is 11.6 Å². The van der Waals surface area contributed by atoms with Crippen LogP contribution >= 0.6 is 11.6 Å². The van der Waals surface area contributed by atoms with Crippen molar-refractivity contribution in [1.29, 1.82) is 0 Å². The summed E-state index contributed by atoms with van der Waals surface area (Å²) in [5, 5.41) is 0. The van der Waals surface area contributed by atoms with Gasteiger partial charge in [-0.1, -0.05) is 17.7 Å². The molecule has 1 saturated heterocycles. The molecule has 0 aliphatic carbocycles. The zero-order chi connectivity index (χ0) is 13.3. The fourth-order valence-corrected chi connectivity index (χ4v) is 3.56. The molecule has 1 aromatic carbocycles. The molecular weight excluding hydrogens is 244 g/mol. The van der Waals surface area contributed by atoms with Crippen LogP contribution in [0.25, 0.3) is 0 Å². The summed E-state index contributed by atoms with van der Waals surface area (Å²) < 4.78 is 5.75. The van der Waals surface area contributed by atoms with Gasteiger partial charge in [0.15, 0.2) is 0 Å². The van der Waals surface area contributed by atoms with E-state index in [0.29, 0.717) is 5.88 Å². The molecule has 0 saturated carbocycles. The van der Waals surface area contributed by atoms with Gasteiger partial charge in [0, 0.05) is 17.9 Å². The highest BCUT2D eigenvalue weighted by Gasteiger charge is 2.41. The summed E-state index contributed by atoms with van der Waals surface area (Å²) in [6.07, 6.45) is 2.37. The van der Waals surface area contributed by atoms with Crippen molar-refractivity contribution in [2.24, 2.45) is 5.41 Å². The fourth-order valence-electron chi connectivity index (χ4n) is 3.11. The average molecular weight is 267 g/mol. The van der Waals surface area contributed by atoms with Crippen LogP contribution in [0.3, 0.4) is 0 Å². The molecule has 1 nitrogen and oxygen atoms in total. The SMILES string of the molecule is Cc1cc(C)c(CC2(CCl)CCOC2C)c(C)c1. The van der Waals surface area contributed by atoms with Gasteiger partial charge in [-0.3, -0.25) is 0 Å². The second-order valence-corrected chi connectivity index (χ2v) is 6.08. The molecule has 1 fully saturated rings. The molecule has 0 aromatic heterocycles. The lowest BCUT2D eigenvalue weighted by Crippen LogP contribution is -2.33. The van der Waals surface area contributed by atoms with Crippen molar-refractivity contribution in [3.05, 3.63) is 34.4 Å². The highest BCUT2D eigenvalue weighted by molar-refractivity contribution is 6.18. The molecule has 1 heterocycles. The van der Waals surface area contributed by atoms with Gasteiger partial charge >= 0.3 is 0 Å². The number of hydrogen-bond donors (Lipinski definition) is 0. The molecule has 2 unspecified atom stereocenters. The van der Waals surface area contributed by atoms with E-state index in [0.717, 1.165) is 19.4 Å². The van der Waals surface area contributed by atoms with E-state index in [1.54, 1.807) is 0 Å². The molecule has 1 aliphatic heterocycles. The monoisotopic (exact) mass is 266 g/mol. The maximum absolute atomic E-state index is 6.27. The van der Waals surface area contributed by atoms with Crippen molar-refractivity contribution in [3.63, 3.8) is 0 Å². The van der Waals surface area contributed by atoms with Crippen LogP contribution in [0.2, 0.25) is 0 Å². The minimum atomic E-state index is 0.117. The van der Waals surface area contributed by atoms with Crippen molar-refractivity contribution in [2.75, 3.05) is 12.5 Å². The first kappa shape index (κ1) is 13.9. The molecule has 18 heavy (non-hydrogen) atoms. The molecule has 1 aromatic rings. The van der Waals surface area contributed by atoms with E-state index < -0.39 is 0 Å². The van der Waals surface area contributed by atoms with Gasteiger partial charge in [0.25, 0.3) is 0 Å². The molecule has 0 amide bonds. The highest BCUT2D eigenvalue weighted by atomic mass is 35.5. The third-order valence-corrected chi connectivity index (χ3v) is 5.00. The highest BCUT2D eigenvalue weighted by Crippen LogP contribution is 2.40. The lowest BCUT2D eigenvalue weighted by molar-refractivity contribution is 0.0734. The van der Waals surface area contributed by atoms with E-state index in [1.807, 2.05) is 0 Å². The Morgan fingerprint density at radius 3 is 2.33 bits per heavy atom. The lowest BCUT2D eigenvalue weighted by Gasteiger charge is -2.31. The Bertz CT molecular complexity index is 418. The van der Waals surface area contributed by atoms with Crippen molar-refractivity contribution < 1.29 is 4.74 Å². The van der Waals surface area contributed by atoms with Gasteiger partial charge in [-0.2, -0.15) is 0 Å². The minimum absolute atomic E-state index is 0.117. The van der Waals surface area contributed by atoms with Crippen LogP contribution in [0, 0.1) is 26.2 Å². The van der Waals surface area contributed by atoms with Gasteiger partial charge in [0.1, 0.15) is 0 Å². The van der Waals surface area contributed by atoms with Crippen molar-refractivity contribution in [1.82, 2.24) is 0 Å². The van der Waals surface area contributed by atoms with Gasteiger partial charge in [0.2, 0.25) is 0 Å². The predicted molar refractivity (Wildman–Crippen MR) is 77.5 cm³/mol. The summed E-state index contributed by atoms with van der Waals surface area (Å²) in [5.41, 5.74) is 5.68. The van der Waals surface area contributed by atoms with E-state index in [1.165, 1.54) is 22.3 Å². The number of aryl methyl sites for hydroxylation is 3. The first-order chi connectivity index (χ1) is 8.48. The van der Waals surface area contributed by atoms with Crippen LogP contribution in [0.1, 0.15) is 35.6 Å². The number of hydrogen-bond acceptors (Lipinski definition) is 1. The Balaban J connectivity index is 2.33. The fraction of sp³-hybridized carbons (Fsp3) is 0.625. The maximum atomic E-state index is 6.27. The Kier molecular flexibility index (Phi) is 4.03. The van der Waals surface area contributed by atoms with E-state index in [9.17, 15) is 0 Å². The van der Waals surface area contributed by atoms with E-state index in [2.05, 4.69) is 39.8 Å². The molecule has 2 rings (SSSR count). The van der Waals surface area contributed by atoms with E-state index in [-0.39, 0.29) is 11.5 Å². The standard InChI is InChI=1S/C16H23ClO/c1-11-7-12(2)15(13(3)8-11)9-16(10-17)5-6-18-14(16)4/h7-8,14H,5-6,9-10H2,1-4H3. The summed E-state index contributed by atoms with van der Waals surface area (Å²) in [6, 6.07) is 4.54. The quantitative estimate of drug-likeness (QED) is 0.746. The number of benzene rings is 1. The van der Waals surface area contributed by atoms with Crippen molar-refractivity contribution in [3.8, 4) is 0 Å². The molecule has 100 valence electrons. The smallest absolute Gasteiger partial charge is 0.0618 e. The Morgan fingerprint density at radius 2 is 1.89 bits per heavy atom. The largest absolute Gasteiger partial charge is 0.378 e. The van der Waals surface area contributed by atoms with E-state index >= 15 is 0 Å². The third kappa shape index (κ3) is 2.44. The summed E-state index contributed by atoms with van der Waals surface area (Å²) in [5.74, 6) is 0.681. The Hall–Kier alpha value is -0.530. The van der Waals surface area contributed by atoms with Gasteiger partial charge in [-0.15, -0.1) is 11.6 Å². The molecule has 1 aliphatic rings. The normalized spacial score (nSPS) is 27.7. The zero-order valence-electron chi connectivity index (χ0n) is 11.8. The molecule has 2 heteroatoms. The summed E-state index contributed by atoms with van der Waals surface area (Å²) in [4.78, 5) is 0. The lowest BCUT2D eigenvalue weighted by atomic mass is 9.76. The summed E-state index contributed by atoms with van der Waals surface area (Å²) in [6.45, 7) is 9.57. The van der Waals surface area contributed by atoms with Crippen molar-refractivity contribution in [2.45, 2.75) is 46.6 Å². The van der Waals surface area contributed by atoms with Crippen LogP contribution in [0.5, 0.6) is 0 Å². The van der Waals surface area contributed by atoms with Crippen LogP contribution in [-0.2, 0) is 11.2 Å². The van der Waals surface area contributed by atoms with Crippen LogP contribution in [0.15, 0.2) is 12.1 Å². The topological polar surface area (TPSA) is 9.23 Å². The van der Waals surface area contributed by atoms with Gasteiger partial charge in [-0.25, -0.2) is 0 Å². The molecule has 0 spiro atoms. The predicted octanol–water partition coefficient (Wildman–Crippen LogP) is 4.19. The number of halogens is 1. The number of rotatable bonds is 3. The molecule has 0 bridgehead atoms. The van der Waals surface area contributed by atoms with Crippen LogP contribution < -0.4 is 0 Å². The summed E-state index contributed by atoms with van der Waals surface area (Å²) in [7, 11) is 0. The van der Waals surface area contributed by atoms with E-state index in [4.69, 9.17) is 16.3 Å². The summed E-state index contributed by atoms with van der Waals surface area (Å²) >= 11 is 6.27. The third-order valence-electron chi connectivity index (χ3n) is 4.47. The zero-order valence-corrected chi connectivity index (χ0v) is 12.6. The first-order valence-corrected chi connectivity index (χ1v) is 7.26. The first-order valence-electron chi connectivity index (χ1n) is 6.73.